The zero-order valence-electron chi connectivity index (χ0n) is 29.9. The van der Waals surface area contributed by atoms with Gasteiger partial charge in [-0.05, 0) is 76.5 Å². The van der Waals surface area contributed by atoms with E-state index in [1.165, 1.54) is 36.9 Å². The molecule has 0 aliphatic heterocycles. The van der Waals surface area contributed by atoms with E-state index in [1.54, 1.807) is 6.20 Å². The second-order valence-corrected chi connectivity index (χ2v) is 14.3. The normalized spacial score (nSPS) is 11.1. The third kappa shape index (κ3) is 6.65. The van der Waals surface area contributed by atoms with Crippen LogP contribution >= 0.6 is 11.3 Å². The minimum absolute atomic E-state index is 0. The smallest absolute Gasteiger partial charge is 0.0774 e. The average molecular weight is 914 g/mol. The number of benzene rings is 7. The van der Waals surface area contributed by atoms with Crippen molar-refractivity contribution in [1.29, 1.82) is 0 Å². The van der Waals surface area contributed by atoms with Crippen molar-refractivity contribution >= 4 is 53.5 Å². The van der Waals surface area contributed by atoms with E-state index >= 15 is 0 Å². The van der Waals surface area contributed by atoms with Crippen LogP contribution in [0.2, 0.25) is 0 Å². The summed E-state index contributed by atoms with van der Waals surface area (Å²) in [5.41, 5.74) is 11.3. The molecule has 1 radical (unpaired) electrons. The Balaban J connectivity index is 0.000000270. The maximum absolute atomic E-state index is 6.00. The first kappa shape index (κ1) is 35.3. The Morgan fingerprint density at radius 3 is 2.07 bits per heavy atom. The van der Waals surface area contributed by atoms with Crippen molar-refractivity contribution in [3.8, 4) is 50.6 Å². The number of thiophene rings is 1. The second-order valence-electron chi connectivity index (χ2n) is 13.3. The molecular weight excluding hydrogens is 883 g/mol. The quantitative estimate of drug-likeness (QED) is 0.162. The van der Waals surface area contributed by atoms with Crippen LogP contribution in [-0.2, 0) is 20.1 Å². The molecule has 269 valence electrons. The first-order valence-electron chi connectivity index (χ1n) is 18.1. The fraction of sp³-hybridized carbons (Fsp3) is 0. The summed E-state index contributed by atoms with van der Waals surface area (Å²) in [6.45, 7) is 0. The Kier molecular flexibility index (Phi) is 9.68. The molecule has 0 saturated carbocycles. The van der Waals surface area contributed by atoms with E-state index in [-0.39, 0.29) is 20.1 Å². The Bertz CT molecular complexity index is 3040. The third-order valence-electron chi connectivity index (χ3n) is 9.89. The minimum Gasteiger partial charge on any atom is -0.557 e. The number of pyridine rings is 1. The van der Waals surface area contributed by atoms with Crippen LogP contribution in [0, 0.1) is 12.3 Å². The molecule has 6 heteroatoms. The van der Waals surface area contributed by atoms with Gasteiger partial charge in [-0.15, -0.1) is 47.2 Å². The largest absolute Gasteiger partial charge is 0.557 e. The number of furan rings is 1. The van der Waals surface area contributed by atoms with Crippen molar-refractivity contribution < 1.29 is 24.5 Å². The molecule has 0 saturated heterocycles. The zero-order valence-corrected chi connectivity index (χ0v) is 33.1. The van der Waals surface area contributed by atoms with Crippen molar-refractivity contribution in [3.63, 3.8) is 0 Å². The van der Waals surface area contributed by atoms with Crippen molar-refractivity contribution in [2.45, 2.75) is 0 Å². The maximum atomic E-state index is 6.00. The summed E-state index contributed by atoms with van der Waals surface area (Å²) in [7, 11) is 0. The van der Waals surface area contributed by atoms with Gasteiger partial charge in [-0.25, -0.2) is 0 Å². The first-order chi connectivity index (χ1) is 27.3. The van der Waals surface area contributed by atoms with Gasteiger partial charge in [0.25, 0.3) is 0 Å². The Morgan fingerprint density at radius 1 is 0.554 bits per heavy atom. The maximum Gasteiger partial charge on any atom is 0.0774 e. The number of nitrogens with zero attached hydrogens (tertiary/aromatic N) is 3. The SMILES string of the molecule is [Ir].[c-]1ccccc1-c1ccccn1.[c-]1oc2ccc(-c3ccc4sc5ccccc5c4c3)cc2c1-c1nc2ccccc2n1-c1ccc(-c2ccccc2)cc1. The van der Waals surface area contributed by atoms with E-state index in [4.69, 9.17) is 9.40 Å². The average Bonchev–Trinajstić information content (AvgIpc) is 3.98. The molecule has 4 heterocycles. The molecule has 0 atom stereocenters. The molecule has 4 nitrogen and oxygen atoms in total. The van der Waals surface area contributed by atoms with Gasteiger partial charge in [0.05, 0.1) is 16.9 Å². The number of aromatic nitrogens is 3. The molecule has 0 aliphatic rings. The second kappa shape index (κ2) is 15.4. The summed E-state index contributed by atoms with van der Waals surface area (Å²) in [5, 5.41) is 3.58. The monoisotopic (exact) mass is 914 g/mol. The van der Waals surface area contributed by atoms with Crippen LogP contribution in [0.15, 0.2) is 193 Å². The molecule has 0 spiro atoms. The molecule has 4 aromatic heterocycles. The molecule has 11 aromatic rings. The van der Waals surface area contributed by atoms with Gasteiger partial charge in [0, 0.05) is 64.0 Å². The fourth-order valence-electron chi connectivity index (χ4n) is 7.19. The third-order valence-corrected chi connectivity index (χ3v) is 11.0. The molecule has 56 heavy (non-hydrogen) atoms. The fourth-order valence-corrected chi connectivity index (χ4v) is 8.28. The Morgan fingerprint density at radius 2 is 1.25 bits per heavy atom. The number of para-hydroxylation sites is 2. The van der Waals surface area contributed by atoms with Crippen LogP contribution in [0.1, 0.15) is 0 Å². The van der Waals surface area contributed by atoms with E-state index in [2.05, 4.69) is 143 Å². The standard InChI is InChI=1S/C39H23N2OS.C11H8N.Ir/c1-2-8-25(9-3-1)26-14-18-29(19-15-26)41-35-12-6-5-11-34(35)40-39(41)33-24-42-36-20-16-27(22-31(33)36)28-17-21-38-32(23-28)30-10-4-7-13-37(30)43-38;1-2-6-10(7-3-1)11-8-4-5-9-12-11;/h1-23H;1-6,8-9H;/q2*-1;. The summed E-state index contributed by atoms with van der Waals surface area (Å²) < 4.78 is 10.8. The van der Waals surface area contributed by atoms with Crippen molar-refractivity contribution in [2.75, 3.05) is 0 Å². The van der Waals surface area contributed by atoms with Crippen LogP contribution in [0.25, 0.3) is 92.8 Å². The summed E-state index contributed by atoms with van der Waals surface area (Å²) >= 11 is 1.84. The summed E-state index contributed by atoms with van der Waals surface area (Å²) in [4.78, 5) is 9.32. The van der Waals surface area contributed by atoms with Crippen molar-refractivity contribution in [2.24, 2.45) is 0 Å². The number of hydrogen-bond donors (Lipinski definition) is 0. The molecule has 0 aliphatic carbocycles. The van der Waals surface area contributed by atoms with Crippen LogP contribution in [0.5, 0.6) is 0 Å². The van der Waals surface area contributed by atoms with Gasteiger partial charge in [-0.3, -0.25) is 4.98 Å². The Labute approximate surface area is 341 Å². The minimum atomic E-state index is 0. The zero-order chi connectivity index (χ0) is 36.6. The molecule has 0 amide bonds. The topological polar surface area (TPSA) is 43.9 Å². The molecule has 7 aromatic carbocycles. The van der Waals surface area contributed by atoms with Crippen LogP contribution in [0.3, 0.4) is 0 Å². The van der Waals surface area contributed by atoms with Gasteiger partial charge >= 0.3 is 0 Å². The van der Waals surface area contributed by atoms with E-state index in [0.717, 1.165) is 55.9 Å². The van der Waals surface area contributed by atoms with E-state index in [0.29, 0.717) is 0 Å². The Hall–Kier alpha value is -6.43. The van der Waals surface area contributed by atoms with Crippen LogP contribution < -0.4 is 0 Å². The molecule has 0 fully saturated rings. The molecule has 0 N–H and O–H groups in total. The van der Waals surface area contributed by atoms with Crippen LogP contribution in [-0.4, -0.2) is 14.5 Å². The van der Waals surface area contributed by atoms with Crippen molar-refractivity contribution in [1.82, 2.24) is 14.5 Å². The molecule has 0 bridgehead atoms. The van der Waals surface area contributed by atoms with Crippen LogP contribution in [0.4, 0.5) is 0 Å². The van der Waals surface area contributed by atoms with E-state index in [1.807, 2.05) is 72.0 Å². The van der Waals surface area contributed by atoms with Gasteiger partial charge in [0.1, 0.15) is 0 Å². The number of imidazole rings is 1. The summed E-state index contributed by atoms with van der Waals surface area (Å²) in [5.74, 6) is 0.809. The predicted molar refractivity (Wildman–Crippen MR) is 227 cm³/mol. The predicted octanol–water partition coefficient (Wildman–Crippen LogP) is 13.5. The number of hydrogen-bond acceptors (Lipinski definition) is 4. The van der Waals surface area contributed by atoms with Gasteiger partial charge in [0.15, 0.2) is 0 Å². The number of fused-ring (bicyclic) bond motifs is 5. The first-order valence-corrected chi connectivity index (χ1v) is 19.0. The number of rotatable bonds is 5. The summed E-state index contributed by atoms with van der Waals surface area (Å²) in [6.07, 6.45) is 5.00. The molecule has 11 rings (SSSR count). The molecule has 0 unspecified atom stereocenters. The van der Waals surface area contributed by atoms with Gasteiger partial charge in [-0.2, -0.15) is 0 Å². The van der Waals surface area contributed by atoms with E-state index in [9.17, 15) is 0 Å². The van der Waals surface area contributed by atoms with Crippen molar-refractivity contribution in [3.05, 3.63) is 201 Å². The summed E-state index contributed by atoms with van der Waals surface area (Å²) in [6, 6.07) is 66.0. The van der Waals surface area contributed by atoms with Gasteiger partial charge in [-0.1, -0.05) is 120 Å². The van der Waals surface area contributed by atoms with Gasteiger partial charge < -0.3 is 14.0 Å². The van der Waals surface area contributed by atoms with Gasteiger partial charge in [0.2, 0.25) is 0 Å². The molecular formula is C50H31IrN3OS-2. The van der Waals surface area contributed by atoms with E-state index < -0.39 is 0 Å².